The minimum atomic E-state index is -0.154. The van der Waals surface area contributed by atoms with Gasteiger partial charge in [0, 0.05) is 20.2 Å². The van der Waals surface area contributed by atoms with Crippen LogP contribution in [-0.4, -0.2) is 59.1 Å². The monoisotopic (exact) mass is 220 g/mol. The Morgan fingerprint density at radius 1 is 1.20 bits per heavy atom. The lowest BCUT2D eigenvalue weighted by molar-refractivity contribution is -0.125. The predicted molar refractivity (Wildman–Crippen MR) is 55.6 cm³/mol. The summed E-state index contributed by atoms with van der Waals surface area (Å²) in [5.41, 5.74) is 5.19. The zero-order valence-corrected chi connectivity index (χ0v) is 9.16. The zero-order chi connectivity index (χ0) is 11.4. The Hall–Kier alpha value is -0.690. The number of nitrogens with one attached hydrogen (secondary N) is 1. The lowest BCUT2D eigenvalue weighted by Gasteiger charge is -2.06. The van der Waals surface area contributed by atoms with Crippen molar-refractivity contribution in [1.29, 1.82) is 0 Å². The first-order chi connectivity index (χ1) is 7.31. The molecule has 1 amide bonds. The minimum absolute atomic E-state index is 0.0509. The van der Waals surface area contributed by atoms with Crippen molar-refractivity contribution in [1.82, 2.24) is 5.32 Å². The zero-order valence-electron chi connectivity index (χ0n) is 9.16. The standard InChI is InChI=1S/C9H20N2O4/c1-13-6-7-14-5-3-11-9(12)8-15-4-2-10/h2-8,10H2,1H3,(H,11,12). The van der Waals surface area contributed by atoms with Crippen molar-refractivity contribution in [2.45, 2.75) is 0 Å². The molecule has 3 N–H and O–H groups in total. The molecule has 0 radical (unpaired) electrons. The van der Waals surface area contributed by atoms with Gasteiger partial charge in [0.05, 0.1) is 26.4 Å². The van der Waals surface area contributed by atoms with Gasteiger partial charge in [-0.25, -0.2) is 0 Å². The maximum Gasteiger partial charge on any atom is 0.246 e. The van der Waals surface area contributed by atoms with Crippen LogP contribution in [0, 0.1) is 0 Å². The van der Waals surface area contributed by atoms with Crippen LogP contribution < -0.4 is 11.1 Å². The van der Waals surface area contributed by atoms with E-state index in [0.29, 0.717) is 39.5 Å². The maximum absolute atomic E-state index is 11.0. The van der Waals surface area contributed by atoms with Crippen LogP contribution in [0.1, 0.15) is 0 Å². The van der Waals surface area contributed by atoms with Gasteiger partial charge in [0.25, 0.3) is 0 Å². The van der Waals surface area contributed by atoms with E-state index in [-0.39, 0.29) is 12.5 Å². The molecule has 0 rings (SSSR count). The summed E-state index contributed by atoms with van der Waals surface area (Å²) in [6, 6.07) is 0. The molecular weight excluding hydrogens is 200 g/mol. The molecule has 0 atom stereocenters. The van der Waals surface area contributed by atoms with Crippen molar-refractivity contribution in [2.75, 3.05) is 53.2 Å². The van der Waals surface area contributed by atoms with E-state index in [4.69, 9.17) is 19.9 Å². The maximum atomic E-state index is 11.0. The number of rotatable bonds is 10. The topological polar surface area (TPSA) is 82.8 Å². The Bertz CT molecular complexity index is 155. The van der Waals surface area contributed by atoms with Crippen LogP contribution in [0.2, 0.25) is 0 Å². The largest absolute Gasteiger partial charge is 0.382 e. The summed E-state index contributed by atoms with van der Waals surface area (Å²) in [7, 11) is 1.61. The third-order valence-corrected chi connectivity index (χ3v) is 1.50. The molecule has 0 fully saturated rings. The highest BCUT2D eigenvalue weighted by molar-refractivity contribution is 5.77. The molecule has 0 spiro atoms. The summed E-state index contributed by atoms with van der Waals surface area (Å²) >= 11 is 0. The first kappa shape index (κ1) is 14.3. The molecule has 15 heavy (non-hydrogen) atoms. The molecule has 0 bridgehead atoms. The van der Waals surface area contributed by atoms with E-state index in [1.54, 1.807) is 7.11 Å². The molecular formula is C9H20N2O4. The third kappa shape index (κ3) is 11.2. The summed E-state index contributed by atoms with van der Waals surface area (Å²) in [4.78, 5) is 11.0. The molecule has 0 aromatic carbocycles. The second kappa shape index (κ2) is 11.4. The Morgan fingerprint density at radius 3 is 2.67 bits per heavy atom. The Morgan fingerprint density at radius 2 is 2.00 bits per heavy atom. The van der Waals surface area contributed by atoms with E-state index in [9.17, 15) is 4.79 Å². The molecule has 0 saturated carbocycles. The second-order valence-electron chi connectivity index (χ2n) is 2.80. The van der Waals surface area contributed by atoms with Gasteiger partial charge in [-0.05, 0) is 0 Å². The highest BCUT2D eigenvalue weighted by atomic mass is 16.5. The Labute approximate surface area is 90.1 Å². The van der Waals surface area contributed by atoms with Gasteiger partial charge in [0.15, 0.2) is 0 Å². The fourth-order valence-electron chi connectivity index (χ4n) is 0.806. The van der Waals surface area contributed by atoms with E-state index in [1.807, 2.05) is 0 Å². The summed E-state index contributed by atoms with van der Waals surface area (Å²) in [6.07, 6.45) is 0. The van der Waals surface area contributed by atoms with Gasteiger partial charge in [0.2, 0.25) is 5.91 Å². The average molecular weight is 220 g/mol. The van der Waals surface area contributed by atoms with Crippen molar-refractivity contribution in [3.63, 3.8) is 0 Å². The van der Waals surface area contributed by atoms with Gasteiger partial charge in [-0.2, -0.15) is 0 Å². The number of carbonyl (C=O) groups is 1. The van der Waals surface area contributed by atoms with Crippen molar-refractivity contribution in [2.24, 2.45) is 5.73 Å². The number of hydrogen-bond acceptors (Lipinski definition) is 5. The molecule has 0 aromatic rings. The highest BCUT2D eigenvalue weighted by Crippen LogP contribution is 1.76. The quantitative estimate of drug-likeness (QED) is 0.449. The number of ether oxygens (including phenoxy) is 3. The molecule has 0 heterocycles. The SMILES string of the molecule is COCCOCCNC(=O)COCCN. The van der Waals surface area contributed by atoms with Crippen LogP contribution in [0.3, 0.4) is 0 Å². The van der Waals surface area contributed by atoms with E-state index >= 15 is 0 Å². The number of hydrogen-bond donors (Lipinski definition) is 2. The molecule has 6 nitrogen and oxygen atoms in total. The summed E-state index contributed by atoms with van der Waals surface area (Å²) in [5, 5.41) is 2.65. The second-order valence-corrected chi connectivity index (χ2v) is 2.80. The smallest absolute Gasteiger partial charge is 0.246 e. The number of amides is 1. The Kier molecular flexibility index (Phi) is 10.9. The summed E-state index contributed by atoms with van der Waals surface area (Å²) < 4.78 is 14.9. The molecule has 0 saturated heterocycles. The lowest BCUT2D eigenvalue weighted by atomic mass is 10.6. The van der Waals surface area contributed by atoms with Crippen LogP contribution in [0.25, 0.3) is 0 Å². The normalized spacial score (nSPS) is 10.3. The van der Waals surface area contributed by atoms with Gasteiger partial charge in [-0.3, -0.25) is 4.79 Å². The first-order valence-electron chi connectivity index (χ1n) is 4.92. The number of carbonyl (C=O) groups excluding carboxylic acids is 1. The number of methoxy groups -OCH3 is 1. The van der Waals surface area contributed by atoms with Crippen LogP contribution in [0.4, 0.5) is 0 Å². The van der Waals surface area contributed by atoms with Crippen LogP contribution in [0.15, 0.2) is 0 Å². The Balaban J connectivity index is 3.10. The molecule has 0 aliphatic carbocycles. The predicted octanol–water partition coefficient (Wildman–Crippen LogP) is -1.26. The van der Waals surface area contributed by atoms with Crippen molar-refractivity contribution >= 4 is 5.91 Å². The lowest BCUT2D eigenvalue weighted by Crippen LogP contribution is -2.31. The van der Waals surface area contributed by atoms with E-state index in [1.165, 1.54) is 0 Å². The van der Waals surface area contributed by atoms with Gasteiger partial charge < -0.3 is 25.3 Å². The van der Waals surface area contributed by atoms with E-state index in [2.05, 4.69) is 5.32 Å². The van der Waals surface area contributed by atoms with Crippen molar-refractivity contribution < 1.29 is 19.0 Å². The number of nitrogens with two attached hydrogens (primary N) is 1. The molecule has 6 heteroatoms. The highest BCUT2D eigenvalue weighted by Gasteiger charge is 1.99. The van der Waals surface area contributed by atoms with Gasteiger partial charge in [-0.15, -0.1) is 0 Å². The average Bonchev–Trinajstić information content (AvgIpc) is 2.23. The first-order valence-corrected chi connectivity index (χ1v) is 4.92. The third-order valence-electron chi connectivity index (χ3n) is 1.50. The fraction of sp³-hybridized carbons (Fsp3) is 0.889. The molecule has 0 unspecified atom stereocenters. The molecule has 0 aliphatic rings. The van der Waals surface area contributed by atoms with E-state index in [0.717, 1.165) is 0 Å². The van der Waals surface area contributed by atoms with E-state index < -0.39 is 0 Å². The molecule has 0 aromatic heterocycles. The van der Waals surface area contributed by atoms with Gasteiger partial charge >= 0.3 is 0 Å². The van der Waals surface area contributed by atoms with Crippen LogP contribution >= 0.6 is 0 Å². The fourth-order valence-corrected chi connectivity index (χ4v) is 0.806. The molecule has 0 aliphatic heterocycles. The van der Waals surface area contributed by atoms with Crippen molar-refractivity contribution in [3.05, 3.63) is 0 Å². The van der Waals surface area contributed by atoms with Gasteiger partial charge in [0.1, 0.15) is 6.61 Å². The van der Waals surface area contributed by atoms with Gasteiger partial charge in [-0.1, -0.05) is 0 Å². The summed E-state index contributed by atoms with van der Waals surface area (Å²) in [5.74, 6) is -0.154. The van der Waals surface area contributed by atoms with Crippen LogP contribution in [-0.2, 0) is 19.0 Å². The summed E-state index contributed by atoms with van der Waals surface area (Å²) in [6.45, 7) is 2.94. The van der Waals surface area contributed by atoms with Crippen LogP contribution in [0.5, 0.6) is 0 Å². The minimum Gasteiger partial charge on any atom is -0.382 e. The van der Waals surface area contributed by atoms with Crippen molar-refractivity contribution in [3.8, 4) is 0 Å². The molecule has 90 valence electrons.